The van der Waals surface area contributed by atoms with Crippen molar-refractivity contribution in [2.45, 2.75) is 20.0 Å². The molecule has 0 saturated carbocycles. The van der Waals surface area contributed by atoms with Gasteiger partial charge < -0.3 is 9.42 Å². The maximum atomic E-state index is 10.4. The Labute approximate surface area is 61.4 Å². The topological polar surface area (TPSA) is 46.5 Å². The summed E-state index contributed by atoms with van der Waals surface area (Å²) >= 11 is 0. The number of halogens is 1. The van der Waals surface area contributed by atoms with Crippen LogP contribution < -0.4 is 0 Å². The fraction of sp³-hybridized carbons (Fsp3) is 1.00. The molecule has 0 aliphatic carbocycles. The van der Waals surface area contributed by atoms with Crippen LogP contribution in [0, 0.1) is 0 Å². The molecule has 0 bridgehead atoms. The molecule has 0 aliphatic rings. The van der Waals surface area contributed by atoms with Gasteiger partial charge in [0.05, 0.1) is 6.10 Å². The van der Waals surface area contributed by atoms with Crippen molar-refractivity contribution < 1.29 is 14.0 Å². The van der Waals surface area contributed by atoms with Crippen molar-refractivity contribution in [1.82, 2.24) is 0 Å². The molecule has 0 aromatic carbocycles. The zero-order valence-electron chi connectivity index (χ0n) is 5.70. The highest BCUT2D eigenvalue weighted by molar-refractivity contribution is 7.51. The Morgan fingerprint density at radius 1 is 1.56 bits per heavy atom. The maximum absolute atomic E-state index is 10.4. The van der Waals surface area contributed by atoms with Crippen LogP contribution in [0.15, 0.2) is 0 Å². The molecule has 0 amide bonds. The minimum atomic E-state index is -3.22. The zero-order chi connectivity index (χ0) is 6.78. The molecule has 9 heavy (non-hydrogen) atoms. The van der Waals surface area contributed by atoms with Gasteiger partial charge in [-0.1, -0.05) is 0 Å². The molecular weight excluding hydrogens is 162 g/mol. The molecule has 0 rings (SSSR count). The molecule has 0 saturated heterocycles. The second-order valence-electron chi connectivity index (χ2n) is 1.96. The molecular formula is C4H12ClO3P. The summed E-state index contributed by atoms with van der Waals surface area (Å²) in [6.07, 6.45) is -0.171. The van der Waals surface area contributed by atoms with E-state index in [0.717, 1.165) is 0 Å². The van der Waals surface area contributed by atoms with Crippen molar-refractivity contribution in [1.29, 1.82) is 0 Å². The van der Waals surface area contributed by atoms with Crippen LogP contribution in [0.3, 0.4) is 0 Å². The van der Waals surface area contributed by atoms with Crippen molar-refractivity contribution in [3.63, 3.8) is 0 Å². The third-order valence-corrected chi connectivity index (χ3v) is 1.22. The van der Waals surface area contributed by atoms with Gasteiger partial charge in [-0.15, -0.1) is 12.4 Å². The lowest BCUT2D eigenvalue weighted by Crippen LogP contribution is -1.98. The molecule has 0 spiro atoms. The van der Waals surface area contributed by atoms with Crippen LogP contribution in [0.2, 0.25) is 0 Å². The van der Waals surface area contributed by atoms with Crippen LogP contribution in [0.1, 0.15) is 13.8 Å². The summed E-state index contributed by atoms with van der Waals surface area (Å²) in [4.78, 5) is 8.52. The van der Waals surface area contributed by atoms with Gasteiger partial charge >= 0.3 is 7.60 Å². The highest BCUT2D eigenvalue weighted by atomic mass is 35.5. The second kappa shape index (κ2) is 4.29. The van der Waals surface area contributed by atoms with Gasteiger partial charge in [-0.2, -0.15) is 0 Å². The third-order valence-electron chi connectivity index (χ3n) is 0.406. The van der Waals surface area contributed by atoms with E-state index in [-0.39, 0.29) is 18.5 Å². The summed E-state index contributed by atoms with van der Waals surface area (Å²) in [6.45, 7) is 4.60. The number of hydrogen-bond acceptors (Lipinski definition) is 2. The summed E-state index contributed by atoms with van der Waals surface area (Å²) in [6, 6.07) is 0. The van der Waals surface area contributed by atoms with Gasteiger partial charge in [-0.3, -0.25) is 4.57 Å². The van der Waals surface area contributed by atoms with Gasteiger partial charge in [0.25, 0.3) is 0 Å². The first-order chi connectivity index (χ1) is 3.42. The van der Waals surface area contributed by atoms with E-state index in [4.69, 9.17) is 4.89 Å². The molecule has 0 radical (unpaired) electrons. The van der Waals surface area contributed by atoms with E-state index in [9.17, 15) is 4.57 Å². The third kappa shape index (κ3) is 11.8. The van der Waals surface area contributed by atoms with Crippen molar-refractivity contribution >= 4 is 20.0 Å². The monoisotopic (exact) mass is 174 g/mol. The largest absolute Gasteiger partial charge is 0.325 e. The van der Waals surface area contributed by atoms with E-state index in [0.29, 0.717) is 0 Å². The first-order valence-corrected chi connectivity index (χ1v) is 4.43. The first-order valence-electron chi connectivity index (χ1n) is 2.40. The lowest BCUT2D eigenvalue weighted by atomic mass is 10.5. The van der Waals surface area contributed by atoms with Crippen LogP contribution in [0.4, 0.5) is 0 Å². The minimum absolute atomic E-state index is 0. The normalized spacial score (nSPS) is 16.6. The Bertz CT molecular complexity index is 108. The Kier molecular flexibility index (Phi) is 5.79. The minimum Gasteiger partial charge on any atom is -0.324 e. The van der Waals surface area contributed by atoms with Gasteiger partial charge in [-0.05, 0) is 13.8 Å². The summed E-state index contributed by atoms with van der Waals surface area (Å²) < 4.78 is 14.9. The quantitative estimate of drug-likeness (QED) is 0.648. The van der Waals surface area contributed by atoms with Gasteiger partial charge in [0.1, 0.15) is 0 Å². The number of hydrogen-bond donors (Lipinski definition) is 1. The zero-order valence-corrected chi connectivity index (χ0v) is 7.41. The highest BCUT2D eigenvalue weighted by Gasteiger charge is 2.10. The molecule has 1 unspecified atom stereocenters. The second-order valence-corrected chi connectivity index (χ2v) is 3.77. The summed E-state index contributed by atoms with van der Waals surface area (Å²) in [7, 11) is -3.22. The van der Waals surface area contributed by atoms with Gasteiger partial charge in [-0.25, -0.2) is 0 Å². The average Bonchev–Trinajstić information content (AvgIpc) is 1.21. The van der Waals surface area contributed by atoms with Crippen molar-refractivity contribution in [2.24, 2.45) is 0 Å². The van der Waals surface area contributed by atoms with Crippen LogP contribution in [-0.4, -0.2) is 17.7 Å². The Hall–Kier alpha value is 0.440. The molecule has 58 valence electrons. The van der Waals surface area contributed by atoms with E-state index in [1.54, 1.807) is 13.8 Å². The van der Waals surface area contributed by atoms with E-state index in [2.05, 4.69) is 4.52 Å². The fourth-order valence-electron chi connectivity index (χ4n) is 0.391. The van der Waals surface area contributed by atoms with Gasteiger partial charge in [0.2, 0.25) is 0 Å². The van der Waals surface area contributed by atoms with Crippen LogP contribution in [0.5, 0.6) is 0 Å². The molecule has 1 atom stereocenters. The van der Waals surface area contributed by atoms with Crippen LogP contribution in [-0.2, 0) is 9.09 Å². The van der Waals surface area contributed by atoms with Gasteiger partial charge in [0, 0.05) is 6.66 Å². The lowest BCUT2D eigenvalue weighted by Gasteiger charge is -2.08. The molecule has 0 aliphatic heterocycles. The molecule has 5 heteroatoms. The Morgan fingerprint density at radius 3 is 1.89 bits per heavy atom. The predicted octanol–water partition coefficient (Wildman–Crippen LogP) is 1.65. The van der Waals surface area contributed by atoms with Crippen LogP contribution >= 0.6 is 20.0 Å². The molecule has 0 fully saturated rings. The number of rotatable bonds is 2. The van der Waals surface area contributed by atoms with Crippen LogP contribution in [0.25, 0.3) is 0 Å². The SMILES string of the molecule is CC(C)OP(C)(=O)O.Cl. The fourth-order valence-corrected chi connectivity index (χ4v) is 1.17. The van der Waals surface area contributed by atoms with Gasteiger partial charge in [0.15, 0.2) is 0 Å². The lowest BCUT2D eigenvalue weighted by molar-refractivity contribution is 0.209. The van der Waals surface area contributed by atoms with E-state index < -0.39 is 7.60 Å². The van der Waals surface area contributed by atoms with Crippen molar-refractivity contribution in [3.8, 4) is 0 Å². The van der Waals surface area contributed by atoms with Crippen molar-refractivity contribution in [3.05, 3.63) is 0 Å². The molecule has 0 heterocycles. The van der Waals surface area contributed by atoms with Crippen molar-refractivity contribution in [2.75, 3.05) is 6.66 Å². The standard InChI is InChI=1S/C4H11O3P.ClH/c1-4(2)7-8(3,5)6;/h4H,1-3H3,(H,5,6);1H. The Morgan fingerprint density at radius 2 is 1.89 bits per heavy atom. The smallest absolute Gasteiger partial charge is 0.324 e. The van der Waals surface area contributed by atoms with E-state index in [1.807, 2.05) is 0 Å². The summed E-state index contributed by atoms with van der Waals surface area (Å²) in [5, 5.41) is 0. The van der Waals surface area contributed by atoms with E-state index in [1.165, 1.54) is 6.66 Å². The average molecular weight is 175 g/mol. The summed E-state index contributed by atoms with van der Waals surface area (Å²) in [5.74, 6) is 0. The predicted molar refractivity (Wildman–Crippen MR) is 39.2 cm³/mol. The Balaban J connectivity index is 0. The maximum Gasteiger partial charge on any atom is 0.325 e. The first kappa shape index (κ1) is 12.1. The molecule has 1 N–H and O–H groups in total. The highest BCUT2D eigenvalue weighted by Crippen LogP contribution is 2.37. The molecule has 0 aromatic rings. The molecule has 0 aromatic heterocycles. The molecule has 3 nitrogen and oxygen atoms in total. The van der Waals surface area contributed by atoms with E-state index >= 15 is 0 Å². The summed E-state index contributed by atoms with van der Waals surface area (Å²) in [5.41, 5.74) is 0.